The number of methoxy groups -OCH3 is 1. The van der Waals surface area contributed by atoms with Crippen LogP contribution >= 0.6 is 11.6 Å². The van der Waals surface area contributed by atoms with Gasteiger partial charge in [-0.1, -0.05) is 29.8 Å². The SMILES string of the molecule is COc1cc(/C=C2/C(=O)NC(=O)c3ccccc32)cc(Cl)c1OC(F)F. The van der Waals surface area contributed by atoms with Gasteiger partial charge in [0.15, 0.2) is 11.5 Å². The number of alkyl halides is 2. The normalized spacial score (nSPS) is 15.0. The van der Waals surface area contributed by atoms with E-state index >= 15 is 0 Å². The zero-order valence-electron chi connectivity index (χ0n) is 13.4. The topological polar surface area (TPSA) is 64.6 Å². The van der Waals surface area contributed by atoms with Crippen LogP contribution in [0.3, 0.4) is 0 Å². The van der Waals surface area contributed by atoms with E-state index in [1.807, 2.05) is 0 Å². The van der Waals surface area contributed by atoms with E-state index in [1.165, 1.54) is 25.3 Å². The maximum atomic E-state index is 12.5. The number of fused-ring (bicyclic) bond motifs is 1. The zero-order chi connectivity index (χ0) is 18.8. The fourth-order valence-electron chi connectivity index (χ4n) is 2.61. The molecule has 0 fully saturated rings. The number of nitrogens with one attached hydrogen (secondary N) is 1. The fourth-order valence-corrected chi connectivity index (χ4v) is 2.88. The van der Waals surface area contributed by atoms with Gasteiger partial charge in [-0.15, -0.1) is 0 Å². The minimum atomic E-state index is -3.06. The van der Waals surface area contributed by atoms with Crippen LogP contribution in [0, 0.1) is 0 Å². The molecule has 0 atom stereocenters. The van der Waals surface area contributed by atoms with Gasteiger partial charge in [0.1, 0.15) is 0 Å². The number of halogens is 3. The van der Waals surface area contributed by atoms with Gasteiger partial charge in [0.2, 0.25) is 0 Å². The number of carbonyl (C=O) groups excluding carboxylic acids is 2. The number of ether oxygens (including phenoxy) is 2. The van der Waals surface area contributed by atoms with Crippen molar-refractivity contribution in [2.45, 2.75) is 6.61 Å². The average molecular weight is 380 g/mol. The molecule has 0 spiro atoms. The first kappa shape index (κ1) is 17.9. The molecule has 3 rings (SSSR count). The number of amides is 2. The van der Waals surface area contributed by atoms with Crippen molar-refractivity contribution in [1.29, 1.82) is 0 Å². The second-order valence-corrected chi connectivity index (χ2v) is 5.71. The summed E-state index contributed by atoms with van der Waals surface area (Å²) in [6.07, 6.45) is 1.49. The Morgan fingerprint density at radius 3 is 2.46 bits per heavy atom. The average Bonchev–Trinajstić information content (AvgIpc) is 2.60. The molecule has 5 nitrogen and oxygen atoms in total. The lowest BCUT2D eigenvalue weighted by Gasteiger charge is -2.18. The number of rotatable bonds is 4. The van der Waals surface area contributed by atoms with Crippen molar-refractivity contribution in [3.05, 3.63) is 58.1 Å². The molecule has 0 unspecified atom stereocenters. The molecule has 0 radical (unpaired) electrons. The van der Waals surface area contributed by atoms with Crippen LogP contribution in [0.2, 0.25) is 5.02 Å². The predicted molar refractivity (Wildman–Crippen MR) is 91.4 cm³/mol. The Labute approximate surface area is 152 Å². The largest absolute Gasteiger partial charge is 0.493 e. The van der Waals surface area contributed by atoms with E-state index in [0.29, 0.717) is 16.7 Å². The zero-order valence-corrected chi connectivity index (χ0v) is 14.1. The van der Waals surface area contributed by atoms with E-state index in [0.717, 1.165) is 0 Å². The summed E-state index contributed by atoms with van der Waals surface area (Å²) in [5, 5.41) is 2.15. The molecule has 1 aliphatic rings. The maximum Gasteiger partial charge on any atom is 0.387 e. The number of imide groups is 1. The van der Waals surface area contributed by atoms with Gasteiger partial charge in [-0.3, -0.25) is 14.9 Å². The Hall–Kier alpha value is -2.93. The predicted octanol–water partition coefficient (Wildman–Crippen LogP) is 3.76. The van der Waals surface area contributed by atoms with Gasteiger partial charge in [-0.25, -0.2) is 0 Å². The summed E-state index contributed by atoms with van der Waals surface area (Å²) in [4.78, 5) is 24.1. The monoisotopic (exact) mass is 379 g/mol. The van der Waals surface area contributed by atoms with Crippen molar-refractivity contribution < 1.29 is 27.8 Å². The minimum Gasteiger partial charge on any atom is -0.493 e. The van der Waals surface area contributed by atoms with Crippen molar-refractivity contribution in [3.8, 4) is 11.5 Å². The third-order valence-electron chi connectivity index (χ3n) is 3.70. The van der Waals surface area contributed by atoms with Crippen LogP contribution in [-0.2, 0) is 4.79 Å². The third kappa shape index (κ3) is 3.39. The molecule has 26 heavy (non-hydrogen) atoms. The van der Waals surface area contributed by atoms with E-state index < -0.39 is 18.4 Å². The molecular formula is C18H12ClF2NO4. The summed E-state index contributed by atoms with van der Waals surface area (Å²) in [6.45, 7) is -3.06. The molecule has 1 heterocycles. The second kappa shape index (κ2) is 7.13. The smallest absolute Gasteiger partial charge is 0.387 e. The van der Waals surface area contributed by atoms with Gasteiger partial charge in [0.25, 0.3) is 11.8 Å². The van der Waals surface area contributed by atoms with Crippen molar-refractivity contribution in [1.82, 2.24) is 5.32 Å². The number of carbonyl (C=O) groups is 2. The van der Waals surface area contributed by atoms with Crippen molar-refractivity contribution >= 4 is 35.1 Å². The van der Waals surface area contributed by atoms with E-state index in [-0.39, 0.29) is 22.1 Å². The summed E-state index contributed by atoms with van der Waals surface area (Å²) in [5.74, 6) is -1.36. The van der Waals surface area contributed by atoms with Crippen LogP contribution in [0.25, 0.3) is 11.6 Å². The summed E-state index contributed by atoms with van der Waals surface area (Å²) in [6, 6.07) is 9.39. The summed E-state index contributed by atoms with van der Waals surface area (Å²) in [7, 11) is 1.28. The molecule has 0 saturated carbocycles. The van der Waals surface area contributed by atoms with Crippen LogP contribution in [0.1, 0.15) is 21.5 Å². The molecular weight excluding hydrogens is 368 g/mol. The Morgan fingerprint density at radius 1 is 1.12 bits per heavy atom. The van der Waals surface area contributed by atoms with Crippen LogP contribution in [0.15, 0.2) is 36.4 Å². The molecule has 2 amide bonds. The molecule has 0 saturated heterocycles. The summed E-state index contributed by atoms with van der Waals surface area (Å²) < 4.78 is 34.4. The van der Waals surface area contributed by atoms with Crippen molar-refractivity contribution in [3.63, 3.8) is 0 Å². The highest BCUT2D eigenvalue weighted by Gasteiger charge is 2.27. The molecule has 134 valence electrons. The molecule has 0 aromatic heterocycles. The lowest BCUT2D eigenvalue weighted by molar-refractivity contribution is -0.114. The summed E-state index contributed by atoms with van der Waals surface area (Å²) in [5.41, 5.74) is 1.47. The van der Waals surface area contributed by atoms with E-state index in [9.17, 15) is 18.4 Å². The fraction of sp³-hybridized carbons (Fsp3) is 0.111. The summed E-state index contributed by atoms with van der Waals surface area (Å²) >= 11 is 6.01. The lowest BCUT2D eigenvalue weighted by Crippen LogP contribution is -2.36. The minimum absolute atomic E-state index is 0.00905. The van der Waals surface area contributed by atoms with Crippen LogP contribution < -0.4 is 14.8 Å². The highest BCUT2D eigenvalue weighted by molar-refractivity contribution is 6.34. The highest BCUT2D eigenvalue weighted by atomic mass is 35.5. The first-order valence-electron chi connectivity index (χ1n) is 7.40. The second-order valence-electron chi connectivity index (χ2n) is 5.30. The Balaban J connectivity index is 2.10. The first-order valence-corrected chi connectivity index (χ1v) is 7.77. The first-order chi connectivity index (χ1) is 12.4. The Kier molecular flexibility index (Phi) is 4.90. The van der Waals surface area contributed by atoms with E-state index in [4.69, 9.17) is 16.3 Å². The van der Waals surface area contributed by atoms with Gasteiger partial charge in [-0.2, -0.15) is 8.78 Å². The molecule has 1 aliphatic heterocycles. The van der Waals surface area contributed by atoms with Crippen LogP contribution in [-0.4, -0.2) is 25.5 Å². The number of benzene rings is 2. The highest BCUT2D eigenvalue weighted by Crippen LogP contribution is 2.38. The lowest BCUT2D eigenvalue weighted by atomic mass is 9.93. The molecule has 2 aromatic carbocycles. The van der Waals surface area contributed by atoms with Gasteiger partial charge in [0, 0.05) is 11.1 Å². The molecule has 8 heteroatoms. The molecule has 0 bridgehead atoms. The Morgan fingerprint density at radius 2 is 1.81 bits per heavy atom. The van der Waals surface area contributed by atoms with Crippen LogP contribution in [0.4, 0.5) is 8.78 Å². The van der Waals surface area contributed by atoms with Crippen LogP contribution in [0.5, 0.6) is 11.5 Å². The molecule has 1 N–H and O–H groups in total. The van der Waals surface area contributed by atoms with Gasteiger partial charge < -0.3 is 9.47 Å². The van der Waals surface area contributed by atoms with E-state index in [1.54, 1.807) is 24.3 Å². The van der Waals surface area contributed by atoms with Crippen molar-refractivity contribution in [2.24, 2.45) is 0 Å². The quantitative estimate of drug-likeness (QED) is 0.649. The van der Waals surface area contributed by atoms with Gasteiger partial charge in [-0.05, 0) is 35.4 Å². The molecule has 2 aromatic rings. The molecule has 0 aliphatic carbocycles. The van der Waals surface area contributed by atoms with E-state index in [2.05, 4.69) is 10.1 Å². The Bertz CT molecular complexity index is 927. The third-order valence-corrected chi connectivity index (χ3v) is 3.98. The van der Waals surface area contributed by atoms with Gasteiger partial charge >= 0.3 is 6.61 Å². The number of hydrogen-bond acceptors (Lipinski definition) is 4. The number of hydrogen-bond donors (Lipinski definition) is 1. The standard InChI is InChI=1S/C18H12ClF2NO4/c1-25-14-8-9(7-13(19)15(14)26-18(20)21)6-12-10-4-2-3-5-11(10)16(23)22-17(12)24/h2-8,18H,1H3,(H,22,23,24)/b12-6+. The van der Waals surface area contributed by atoms with Crippen molar-refractivity contribution in [2.75, 3.05) is 7.11 Å². The maximum absolute atomic E-state index is 12.5. The van der Waals surface area contributed by atoms with Gasteiger partial charge in [0.05, 0.1) is 12.1 Å².